The molecule has 0 unspecified atom stereocenters. The molecule has 0 bridgehead atoms. The van der Waals surface area contributed by atoms with Crippen LogP contribution in [-0.4, -0.2) is 19.0 Å². The Hall–Kier alpha value is -1.03. The fourth-order valence-electron chi connectivity index (χ4n) is 1.11. The smallest absolute Gasteiger partial charge is 0.188 e. The van der Waals surface area contributed by atoms with E-state index in [-0.39, 0.29) is 0 Å². The van der Waals surface area contributed by atoms with Gasteiger partial charge in [0.25, 0.3) is 0 Å². The molecular formula is C11H19N3S. The Morgan fingerprint density at radius 1 is 1.60 bits per heavy atom. The lowest BCUT2D eigenvalue weighted by Crippen LogP contribution is -2.33. The summed E-state index contributed by atoms with van der Waals surface area (Å²) >= 11 is 1.77. The van der Waals surface area contributed by atoms with Crippen molar-refractivity contribution >= 4 is 17.3 Å². The Morgan fingerprint density at radius 2 is 2.40 bits per heavy atom. The summed E-state index contributed by atoms with van der Waals surface area (Å²) in [5.74, 6) is 1.11. The molecule has 3 N–H and O–H groups in total. The molecule has 0 spiro atoms. The molecule has 84 valence electrons. The molecule has 0 amide bonds. The highest BCUT2D eigenvalue weighted by molar-refractivity contribution is 7.09. The van der Waals surface area contributed by atoms with Gasteiger partial charge < -0.3 is 11.1 Å². The van der Waals surface area contributed by atoms with Crippen LogP contribution in [-0.2, 0) is 6.42 Å². The minimum absolute atomic E-state index is 0.556. The van der Waals surface area contributed by atoms with Crippen molar-refractivity contribution in [2.45, 2.75) is 20.3 Å². The maximum absolute atomic E-state index is 5.70. The van der Waals surface area contributed by atoms with Crippen molar-refractivity contribution in [3.8, 4) is 0 Å². The Morgan fingerprint density at radius 3 is 3.00 bits per heavy atom. The molecule has 1 rings (SSSR count). The molecule has 0 saturated heterocycles. The summed E-state index contributed by atoms with van der Waals surface area (Å²) in [5.41, 5.74) is 5.70. The molecule has 15 heavy (non-hydrogen) atoms. The second-order valence-electron chi connectivity index (χ2n) is 3.88. The predicted octanol–water partition coefficient (Wildman–Crippen LogP) is 1.85. The lowest BCUT2D eigenvalue weighted by atomic mass is 10.2. The zero-order valence-electron chi connectivity index (χ0n) is 9.36. The van der Waals surface area contributed by atoms with Crippen molar-refractivity contribution in [1.82, 2.24) is 5.32 Å². The second-order valence-corrected chi connectivity index (χ2v) is 4.91. The first-order chi connectivity index (χ1) is 7.18. The van der Waals surface area contributed by atoms with E-state index in [2.05, 4.69) is 41.7 Å². The van der Waals surface area contributed by atoms with Gasteiger partial charge in [0.2, 0.25) is 0 Å². The summed E-state index contributed by atoms with van der Waals surface area (Å²) < 4.78 is 0. The fourth-order valence-corrected chi connectivity index (χ4v) is 1.81. The van der Waals surface area contributed by atoms with Crippen molar-refractivity contribution in [3.05, 3.63) is 22.4 Å². The van der Waals surface area contributed by atoms with Crippen LogP contribution in [0.1, 0.15) is 18.7 Å². The number of guanidine groups is 1. The van der Waals surface area contributed by atoms with Gasteiger partial charge in [-0.3, -0.25) is 4.99 Å². The second kappa shape index (κ2) is 6.45. The number of rotatable bonds is 5. The molecule has 3 nitrogen and oxygen atoms in total. The maximum atomic E-state index is 5.70. The molecule has 0 saturated carbocycles. The monoisotopic (exact) mass is 225 g/mol. The molecule has 0 fully saturated rings. The normalized spacial score (nSPS) is 12.1. The average Bonchev–Trinajstić information content (AvgIpc) is 2.67. The largest absolute Gasteiger partial charge is 0.370 e. The van der Waals surface area contributed by atoms with E-state index in [9.17, 15) is 0 Å². The van der Waals surface area contributed by atoms with Crippen LogP contribution in [0.2, 0.25) is 0 Å². The van der Waals surface area contributed by atoms with Gasteiger partial charge in [0, 0.05) is 18.0 Å². The van der Waals surface area contributed by atoms with Gasteiger partial charge in [0.05, 0.1) is 0 Å². The minimum atomic E-state index is 0.556. The Balaban J connectivity index is 2.17. The molecule has 0 aliphatic heterocycles. The lowest BCUT2D eigenvalue weighted by Gasteiger charge is -2.05. The molecule has 0 aliphatic carbocycles. The lowest BCUT2D eigenvalue weighted by molar-refractivity contribution is 0.661. The molecule has 4 heteroatoms. The van der Waals surface area contributed by atoms with E-state index in [1.165, 1.54) is 4.88 Å². The van der Waals surface area contributed by atoms with Crippen LogP contribution >= 0.6 is 11.3 Å². The first-order valence-electron chi connectivity index (χ1n) is 5.24. The van der Waals surface area contributed by atoms with Crippen molar-refractivity contribution < 1.29 is 0 Å². The SMILES string of the molecule is CC(C)CN=C(N)NCCc1cccs1. The van der Waals surface area contributed by atoms with Crippen LogP contribution in [0.3, 0.4) is 0 Å². The molecule has 1 heterocycles. The molecule has 0 atom stereocenters. The topological polar surface area (TPSA) is 50.4 Å². The van der Waals surface area contributed by atoms with Crippen molar-refractivity contribution in [1.29, 1.82) is 0 Å². The number of hydrogen-bond donors (Lipinski definition) is 2. The first-order valence-corrected chi connectivity index (χ1v) is 6.12. The zero-order valence-corrected chi connectivity index (χ0v) is 10.2. The summed E-state index contributed by atoms with van der Waals surface area (Å²) in [6, 6.07) is 4.20. The van der Waals surface area contributed by atoms with Crippen LogP contribution in [0.15, 0.2) is 22.5 Å². The van der Waals surface area contributed by atoms with Gasteiger partial charge in [-0.25, -0.2) is 0 Å². The van der Waals surface area contributed by atoms with Crippen LogP contribution in [0.25, 0.3) is 0 Å². The molecule has 0 radical (unpaired) electrons. The highest BCUT2D eigenvalue weighted by Gasteiger charge is 1.95. The third-order valence-corrected chi connectivity index (χ3v) is 2.82. The molecule has 1 aromatic heterocycles. The average molecular weight is 225 g/mol. The highest BCUT2D eigenvalue weighted by Crippen LogP contribution is 2.07. The summed E-state index contributed by atoms with van der Waals surface area (Å²) in [4.78, 5) is 5.60. The van der Waals surface area contributed by atoms with E-state index >= 15 is 0 Å². The number of nitrogens with two attached hydrogens (primary N) is 1. The number of aliphatic imine (C=N–C) groups is 1. The third-order valence-electron chi connectivity index (χ3n) is 1.88. The van der Waals surface area contributed by atoms with Gasteiger partial charge in [-0.2, -0.15) is 0 Å². The van der Waals surface area contributed by atoms with E-state index < -0.39 is 0 Å². The summed E-state index contributed by atoms with van der Waals surface area (Å²) in [7, 11) is 0. The van der Waals surface area contributed by atoms with E-state index in [0.717, 1.165) is 19.5 Å². The van der Waals surface area contributed by atoms with E-state index in [4.69, 9.17) is 5.73 Å². The highest BCUT2D eigenvalue weighted by atomic mass is 32.1. The van der Waals surface area contributed by atoms with Gasteiger partial charge in [-0.1, -0.05) is 19.9 Å². The van der Waals surface area contributed by atoms with Gasteiger partial charge in [0.1, 0.15) is 0 Å². The Kier molecular flexibility index (Phi) is 5.18. The Labute approximate surface area is 95.4 Å². The quantitative estimate of drug-likeness (QED) is 0.593. The maximum Gasteiger partial charge on any atom is 0.188 e. The number of hydrogen-bond acceptors (Lipinski definition) is 2. The number of nitrogens with zero attached hydrogens (tertiary/aromatic N) is 1. The van der Waals surface area contributed by atoms with Gasteiger partial charge in [-0.05, 0) is 23.8 Å². The third kappa shape index (κ3) is 5.42. The van der Waals surface area contributed by atoms with Gasteiger partial charge >= 0.3 is 0 Å². The first kappa shape index (κ1) is 12.0. The van der Waals surface area contributed by atoms with E-state index in [1.807, 2.05) is 0 Å². The molecule has 1 aromatic rings. The minimum Gasteiger partial charge on any atom is -0.370 e. The molecule has 0 aromatic carbocycles. The van der Waals surface area contributed by atoms with E-state index in [1.54, 1.807) is 11.3 Å². The van der Waals surface area contributed by atoms with Crippen LogP contribution < -0.4 is 11.1 Å². The number of nitrogens with one attached hydrogen (secondary N) is 1. The summed E-state index contributed by atoms with van der Waals surface area (Å²) in [5, 5.41) is 5.20. The molecular weight excluding hydrogens is 206 g/mol. The summed E-state index contributed by atoms with van der Waals surface area (Å²) in [6.45, 7) is 5.90. The van der Waals surface area contributed by atoms with Gasteiger partial charge in [-0.15, -0.1) is 11.3 Å². The number of thiophene rings is 1. The van der Waals surface area contributed by atoms with E-state index in [0.29, 0.717) is 11.9 Å². The standard InChI is InChI=1S/C11H19N3S/c1-9(2)8-14-11(12)13-6-5-10-4-3-7-15-10/h3-4,7,9H,5-6,8H2,1-2H3,(H3,12,13,14). The van der Waals surface area contributed by atoms with Crippen molar-refractivity contribution in [2.75, 3.05) is 13.1 Å². The Bertz CT molecular complexity index is 291. The van der Waals surface area contributed by atoms with Crippen LogP contribution in [0.4, 0.5) is 0 Å². The fraction of sp³-hybridized carbons (Fsp3) is 0.545. The predicted molar refractivity (Wildman–Crippen MR) is 67.4 cm³/mol. The zero-order chi connectivity index (χ0) is 11.1. The van der Waals surface area contributed by atoms with Crippen LogP contribution in [0, 0.1) is 5.92 Å². The summed E-state index contributed by atoms with van der Waals surface area (Å²) in [6.07, 6.45) is 1.01. The van der Waals surface area contributed by atoms with Crippen molar-refractivity contribution in [3.63, 3.8) is 0 Å². The van der Waals surface area contributed by atoms with Crippen LogP contribution in [0.5, 0.6) is 0 Å². The van der Waals surface area contributed by atoms with Crippen molar-refractivity contribution in [2.24, 2.45) is 16.6 Å². The van der Waals surface area contributed by atoms with Gasteiger partial charge in [0.15, 0.2) is 5.96 Å². The molecule has 0 aliphatic rings.